The van der Waals surface area contributed by atoms with E-state index in [9.17, 15) is 9.90 Å². The minimum Gasteiger partial charge on any atom is -0.388 e. The van der Waals surface area contributed by atoms with E-state index in [0.29, 0.717) is 13.2 Å². The number of amides is 1. The van der Waals surface area contributed by atoms with Crippen LogP contribution in [0.3, 0.4) is 0 Å². The van der Waals surface area contributed by atoms with Crippen LogP contribution in [0, 0.1) is 0 Å². The highest BCUT2D eigenvalue weighted by Crippen LogP contribution is 2.28. The fraction of sp³-hybridized carbons (Fsp3) is 0.923. The van der Waals surface area contributed by atoms with E-state index in [-0.39, 0.29) is 5.91 Å². The Labute approximate surface area is 104 Å². The van der Waals surface area contributed by atoms with Gasteiger partial charge in [-0.05, 0) is 26.2 Å². The Kier molecular flexibility index (Phi) is 5.92. The van der Waals surface area contributed by atoms with Gasteiger partial charge >= 0.3 is 0 Å². The van der Waals surface area contributed by atoms with Gasteiger partial charge in [0.25, 0.3) is 0 Å². The summed E-state index contributed by atoms with van der Waals surface area (Å²) >= 11 is 0. The molecule has 17 heavy (non-hydrogen) atoms. The van der Waals surface area contributed by atoms with Gasteiger partial charge in [0.05, 0.1) is 5.60 Å². The minimum atomic E-state index is -0.682. The third kappa shape index (κ3) is 5.04. The predicted molar refractivity (Wildman–Crippen MR) is 66.7 cm³/mol. The van der Waals surface area contributed by atoms with Gasteiger partial charge in [-0.2, -0.15) is 0 Å². The molecule has 0 aromatic rings. The summed E-state index contributed by atoms with van der Waals surface area (Å²) in [5, 5.41) is 12.9. The fourth-order valence-electron chi connectivity index (χ4n) is 2.09. The van der Waals surface area contributed by atoms with E-state index in [2.05, 4.69) is 12.2 Å². The molecule has 4 nitrogen and oxygen atoms in total. The van der Waals surface area contributed by atoms with Gasteiger partial charge < -0.3 is 15.2 Å². The summed E-state index contributed by atoms with van der Waals surface area (Å²) in [6.07, 6.45) is 5.29. The highest BCUT2D eigenvalue weighted by molar-refractivity contribution is 5.80. The Morgan fingerprint density at radius 2 is 2.12 bits per heavy atom. The van der Waals surface area contributed by atoms with Crippen LogP contribution >= 0.6 is 0 Å². The van der Waals surface area contributed by atoms with Crippen molar-refractivity contribution in [3.63, 3.8) is 0 Å². The van der Waals surface area contributed by atoms with Gasteiger partial charge in [-0.3, -0.25) is 4.79 Å². The second kappa shape index (κ2) is 6.97. The number of nitrogens with one attached hydrogen (secondary N) is 1. The van der Waals surface area contributed by atoms with Crippen molar-refractivity contribution >= 4 is 5.91 Å². The van der Waals surface area contributed by atoms with E-state index in [4.69, 9.17) is 4.74 Å². The first-order valence-electron chi connectivity index (χ1n) is 6.69. The van der Waals surface area contributed by atoms with Crippen molar-refractivity contribution in [3.8, 4) is 0 Å². The third-order valence-corrected chi connectivity index (χ3v) is 3.36. The SMILES string of the molecule is CCCCOC(C)C(=O)NCC1(O)CCCC1. The van der Waals surface area contributed by atoms with Gasteiger partial charge in [-0.25, -0.2) is 0 Å². The topological polar surface area (TPSA) is 58.6 Å². The first-order chi connectivity index (χ1) is 8.07. The van der Waals surface area contributed by atoms with Gasteiger partial charge in [0, 0.05) is 13.2 Å². The second-order valence-electron chi connectivity index (χ2n) is 5.02. The molecule has 1 unspecified atom stereocenters. The van der Waals surface area contributed by atoms with Gasteiger partial charge in [-0.1, -0.05) is 26.2 Å². The molecule has 0 spiro atoms. The zero-order valence-corrected chi connectivity index (χ0v) is 11.0. The molecule has 1 aliphatic carbocycles. The molecule has 100 valence electrons. The summed E-state index contributed by atoms with van der Waals surface area (Å²) < 4.78 is 5.40. The van der Waals surface area contributed by atoms with Crippen molar-refractivity contribution in [1.82, 2.24) is 5.32 Å². The number of carbonyl (C=O) groups is 1. The van der Waals surface area contributed by atoms with Crippen molar-refractivity contribution in [2.75, 3.05) is 13.2 Å². The molecule has 0 aromatic heterocycles. The average molecular weight is 243 g/mol. The third-order valence-electron chi connectivity index (χ3n) is 3.36. The summed E-state index contributed by atoms with van der Waals surface area (Å²) in [5.41, 5.74) is -0.682. The van der Waals surface area contributed by atoms with Crippen molar-refractivity contribution in [1.29, 1.82) is 0 Å². The van der Waals surface area contributed by atoms with Crippen LogP contribution < -0.4 is 5.32 Å². The van der Waals surface area contributed by atoms with Crippen LogP contribution in [0.1, 0.15) is 52.4 Å². The Morgan fingerprint density at radius 1 is 1.47 bits per heavy atom. The Bertz CT molecular complexity index is 237. The molecule has 1 aliphatic rings. The zero-order chi connectivity index (χ0) is 12.7. The molecule has 1 saturated carbocycles. The van der Waals surface area contributed by atoms with Crippen molar-refractivity contribution < 1.29 is 14.6 Å². The number of aliphatic hydroxyl groups is 1. The summed E-state index contributed by atoms with van der Waals surface area (Å²) in [5.74, 6) is -0.124. The average Bonchev–Trinajstić information content (AvgIpc) is 2.74. The monoisotopic (exact) mass is 243 g/mol. The van der Waals surface area contributed by atoms with Crippen LogP contribution in [0.15, 0.2) is 0 Å². The maximum absolute atomic E-state index is 11.7. The molecular weight excluding hydrogens is 218 g/mol. The summed E-state index contributed by atoms with van der Waals surface area (Å²) in [6, 6.07) is 0. The first-order valence-corrected chi connectivity index (χ1v) is 6.69. The Hall–Kier alpha value is -0.610. The number of hydrogen-bond donors (Lipinski definition) is 2. The van der Waals surface area contributed by atoms with Gasteiger partial charge in [0.2, 0.25) is 5.91 Å². The highest BCUT2D eigenvalue weighted by Gasteiger charge is 2.31. The van der Waals surface area contributed by atoms with Crippen LogP contribution in [-0.2, 0) is 9.53 Å². The summed E-state index contributed by atoms with van der Waals surface area (Å²) in [6.45, 7) is 4.82. The standard InChI is InChI=1S/C13H25NO3/c1-3-4-9-17-11(2)12(15)14-10-13(16)7-5-6-8-13/h11,16H,3-10H2,1-2H3,(H,14,15). The van der Waals surface area contributed by atoms with Crippen LogP contribution in [0.5, 0.6) is 0 Å². The molecule has 0 saturated heterocycles. The normalized spacial score (nSPS) is 20.2. The van der Waals surface area contributed by atoms with Gasteiger partial charge in [-0.15, -0.1) is 0 Å². The molecule has 0 aromatic carbocycles. The number of hydrogen-bond acceptors (Lipinski definition) is 3. The van der Waals surface area contributed by atoms with E-state index in [1.165, 1.54) is 0 Å². The van der Waals surface area contributed by atoms with Gasteiger partial charge in [0.1, 0.15) is 6.10 Å². The smallest absolute Gasteiger partial charge is 0.248 e. The maximum atomic E-state index is 11.7. The summed E-state index contributed by atoms with van der Waals surface area (Å²) in [4.78, 5) is 11.7. The van der Waals surface area contributed by atoms with Crippen LogP contribution in [0.4, 0.5) is 0 Å². The predicted octanol–water partition coefficient (Wildman–Crippen LogP) is 1.61. The summed E-state index contributed by atoms with van der Waals surface area (Å²) in [7, 11) is 0. The molecule has 1 rings (SSSR count). The van der Waals surface area contributed by atoms with E-state index >= 15 is 0 Å². The molecular formula is C13H25NO3. The Balaban J connectivity index is 2.19. The molecule has 0 radical (unpaired) electrons. The molecule has 0 heterocycles. The number of rotatable bonds is 7. The van der Waals surface area contributed by atoms with Crippen molar-refractivity contribution in [2.45, 2.75) is 64.1 Å². The van der Waals surface area contributed by atoms with Crippen LogP contribution in [0.2, 0.25) is 0 Å². The molecule has 0 bridgehead atoms. The Morgan fingerprint density at radius 3 is 2.71 bits per heavy atom. The van der Waals surface area contributed by atoms with Crippen molar-refractivity contribution in [3.05, 3.63) is 0 Å². The molecule has 1 amide bonds. The lowest BCUT2D eigenvalue weighted by Gasteiger charge is -2.23. The quantitative estimate of drug-likeness (QED) is 0.668. The second-order valence-corrected chi connectivity index (χ2v) is 5.02. The lowest BCUT2D eigenvalue weighted by atomic mass is 10.0. The number of unbranched alkanes of at least 4 members (excludes halogenated alkanes) is 1. The zero-order valence-electron chi connectivity index (χ0n) is 11.0. The van der Waals surface area contributed by atoms with E-state index in [0.717, 1.165) is 38.5 Å². The molecule has 2 N–H and O–H groups in total. The molecule has 4 heteroatoms. The van der Waals surface area contributed by atoms with E-state index in [1.54, 1.807) is 6.92 Å². The number of carbonyl (C=O) groups excluding carboxylic acids is 1. The van der Waals surface area contributed by atoms with Crippen LogP contribution in [-0.4, -0.2) is 35.9 Å². The lowest BCUT2D eigenvalue weighted by molar-refractivity contribution is -0.133. The minimum absolute atomic E-state index is 0.124. The lowest BCUT2D eigenvalue weighted by Crippen LogP contribution is -2.44. The first kappa shape index (κ1) is 14.5. The van der Waals surface area contributed by atoms with E-state index < -0.39 is 11.7 Å². The molecule has 1 fully saturated rings. The van der Waals surface area contributed by atoms with E-state index in [1.807, 2.05) is 0 Å². The molecule has 0 aliphatic heterocycles. The van der Waals surface area contributed by atoms with Crippen LogP contribution in [0.25, 0.3) is 0 Å². The highest BCUT2D eigenvalue weighted by atomic mass is 16.5. The largest absolute Gasteiger partial charge is 0.388 e. The maximum Gasteiger partial charge on any atom is 0.248 e. The fourth-order valence-corrected chi connectivity index (χ4v) is 2.09. The number of ether oxygens (including phenoxy) is 1. The van der Waals surface area contributed by atoms with Crippen molar-refractivity contribution in [2.24, 2.45) is 0 Å². The molecule has 1 atom stereocenters. The van der Waals surface area contributed by atoms with Gasteiger partial charge in [0.15, 0.2) is 0 Å².